The number of para-hydroxylation sites is 1. The maximum absolute atomic E-state index is 12.5. The summed E-state index contributed by atoms with van der Waals surface area (Å²) in [6, 6.07) is 8.98. The molecule has 20 heavy (non-hydrogen) atoms. The van der Waals surface area contributed by atoms with Crippen molar-refractivity contribution >= 4 is 11.6 Å². The lowest BCUT2D eigenvalue weighted by molar-refractivity contribution is -0.121. The van der Waals surface area contributed by atoms with Crippen LogP contribution in [-0.4, -0.2) is 23.4 Å². The second-order valence-corrected chi connectivity index (χ2v) is 5.32. The molecule has 1 aliphatic rings. The smallest absolute Gasteiger partial charge is 0.247 e. The quantitative estimate of drug-likeness (QED) is 0.838. The van der Waals surface area contributed by atoms with Crippen LogP contribution in [0, 0.1) is 25.8 Å². The molecule has 1 atom stereocenters. The molecule has 0 bridgehead atoms. The number of hydrogen-bond donors (Lipinski definition) is 1. The predicted molar refractivity (Wildman–Crippen MR) is 82.3 cm³/mol. The molecule has 1 aromatic carbocycles. The van der Waals surface area contributed by atoms with Crippen molar-refractivity contribution in [3.05, 3.63) is 29.3 Å². The number of carbonyl (C=O) groups is 1. The van der Waals surface area contributed by atoms with Crippen molar-refractivity contribution in [1.29, 1.82) is 0 Å². The van der Waals surface area contributed by atoms with Crippen LogP contribution in [-0.2, 0) is 4.79 Å². The van der Waals surface area contributed by atoms with Crippen LogP contribution in [0.3, 0.4) is 0 Å². The number of aryl methyl sites for hydroxylation is 2. The minimum atomic E-state index is -0.129. The van der Waals surface area contributed by atoms with Gasteiger partial charge in [0.2, 0.25) is 5.91 Å². The molecule has 2 rings (SSSR count). The number of hydrogen-bond acceptors (Lipinski definition) is 2. The van der Waals surface area contributed by atoms with Crippen molar-refractivity contribution in [3.63, 3.8) is 0 Å². The van der Waals surface area contributed by atoms with Crippen molar-refractivity contribution in [2.24, 2.45) is 0 Å². The summed E-state index contributed by atoms with van der Waals surface area (Å²) in [6.45, 7) is 6.74. The summed E-state index contributed by atoms with van der Waals surface area (Å²) in [5, 5.41) is 3.09. The number of carbonyl (C=O) groups excluding carboxylic acids is 1. The Morgan fingerprint density at radius 1 is 1.30 bits per heavy atom. The molecule has 0 radical (unpaired) electrons. The van der Waals surface area contributed by atoms with Crippen LogP contribution in [0.5, 0.6) is 0 Å². The van der Waals surface area contributed by atoms with Gasteiger partial charge in [0.15, 0.2) is 0 Å². The van der Waals surface area contributed by atoms with Crippen LogP contribution >= 0.6 is 0 Å². The minimum Gasteiger partial charge on any atom is -0.324 e. The molecule has 106 valence electrons. The van der Waals surface area contributed by atoms with Gasteiger partial charge in [-0.2, -0.15) is 0 Å². The zero-order chi connectivity index (χ0) is 14.5. The van der Waals surface area contributed by atoms with E-state index in [-0.39, 0.29) is 11.9 Å². The Kier molecular flexibility index (Phi) is 4.68. The molecule has 1 aliphatic heterocycles. The summed E-state index contributed by atoms with van der Waals surface area (Å²) >= 11 is 0. The third kappa shape index (κ3) is 3.14. The van der Waals surface area contributed by atoms with Crippen LogP contribution in [0.2, 0.25) is 0 Å². The fourth-order valence-corrected chi connectivity index (χ4v) is 2.70. The number of piperidine rings is 1. The number of nitrogens with one attached hydrogen (secondary N) is 1. The average Bonchev–Trinajstić information content (AvgIpc) is 2.44. The Morgan fingerprint density at radius 3 is 2.65 bits per heavy atom. The van der Waals surface area contributed by atoms with E-state index in [1.165, 1.54) is 0 Å². The average molecular weight is 270 g/mol. The fraction of sp³-hybridized carbons (Fsp3) is 0.471. The van der Waals surface area contributed by atoms with E-state index in [4.69, 9.17) is 0 Å². The van der Waals surface area contributed by atoms with Crippen molar-refractivity contribution in [3.8, 4) is 12.0 Å². The van der Waals surface area contributed by atoms with Gasteiger partial charge < -0.3 is 10.2 Å². The Labute approximate surface area is 121 Å². The maximum atomic E-state index is 12.5. The van der Waals surface area contributed by atoms with Gasteiger partial charge in [-0.05, 0) is 51.2 Å². The van der Waals surface area contributed by atoms with Gasteiger partial charge >= 0.3 is 0 Å². The molecule has 0 aromatic heterocycles. The van der Waals surface area contributed by atoms with E-state index in [2.05, 4.69) is 17.3 Å². The lowest BCUT2D eigenvalue weighted by Crippen LogP contribution is -2.44. The largest absolute Gasteiger partial charge is 0.324 e. The summed E-state index contributed by atoms with van der Waals surface area (Å²) in [5.41, 5.74) is 3.14. The van der Waals surface area contributed by atoms with Gasteiger partial charge in [-0.3, -0.25) is 4.79 Å². The van der Waals surface area contributed by atoms with Crippen LogP contribution in [0.1, 0.15) is 37.3 Å². The standard InChI is InChI=1S/C17H22N2O/c1-4-11-19-12-6-5-10-15(19)17(20)18-16-13(2)8-7-9-14(16)3/h7-9,15H,5-6,10,12H2,1-3H3,(H,18,20). The van der Waals surface area contributed by atoms with Crippen LogP contribution in [0.25, 0.3) is 0 Å². The molecule has 0 spiro atoms. The van der Waals surface area contributed by atoms with E-state index in [1.807, 2.05) is 43.9 Å². The highest BCUT2D eigenvalue weighted by Gasteiger charge is 2.27. The predicted octanol–water partition coefficient (Wildman–Crippen LogP) is 3.08. The first kappa shape index (κ1) is 14.5. The third-order valence-electron chi connectivity index (χ3n) is 3.79. The normalized spacial score (nSPS) is 18.1. The molecular formula is C17H22N2O. The van der Waals surface area contributed by atoms with Gasteiger partial charge in [0.25, 0.3) is 0 Å². The molecule has 1 saturated heterocycles. The first-order chi connectivity index (χ1) is 9.63. The highest BCUT2D eigenvalue weighted by molar-refractivity contribution is 5.96. The number of likely N-dealkylation sites (tertiary alicyclic amines) is 1. The molecule has 1 heterocycles. The summed E-state index contributed by atoms with van der Waals surface area (Å²) in [6.07, 6.45) is 3.08. The lowest BCUT2D eigenvalue weighted by atomic mass is 10.0. The lowest BCUT2D eigenvalue weighted by Gasteiger charge is -2.32. The van der Waals surface area contributed by atoms with E-state index in [9.17, 15) is 4.79 Å². The summed E-state index contributed by atoms with van der Waals surface area (Å²) in [7, 11) is 0. The molecule has 3 heteroatoms. The van der Waals surface area contributed by atoms with Crippen molar-refractivity contribution in [2.75, 3.05) is 11.9 Å². The molecule has 1 amide bonds. The first-order valence-corrected chi connectivity index (χ1v) is 7.19. The fourth-order valence-electron chi connectivity index (χ4n) is 2.70. The Bertz CT molecular complexity index is 534. The zero-order valence-electron chi connectivity index (χ0n) is 12.5. The number of nitrogens with zero attached hydrogens (tertiary/aromatic N) is 1. The van der Waals surface area contributed by atoms with Gasteiger partial charge in [-0.25, -0.2) is 0 Å². The number of anilines is 1. The van der Waals surface area contributed by atoms with Crippen LogP contribution < -0.4 is 5.32 Å². The van der Waals surface area contributed by atoms with E-state index in [0.717, 1.165) is 42.6 Å². The van der Waals surface area contributed by atoms with E-state index in [1.54, 1.807) is 0 Å². The highest BCUT2D eigenvalue weighted by atomic mass is 16.2. The third-order valence-corrected chi connectivity index (χ3v) is 3.79. The second kappa shape index (κ2) is 6.47. The van der Waals surface area contributed by atoms with Gasteiger partial charge in [-0.15, -0.1) is 0 Å². The van der Waals surface area contributed by atoms with Crippen molar-refractivity contribution in [2.45, 2.75) is 46.1 Å². The maximum Gasteiger partial charge on any atom is 0.247 e. The molecule has 0 saturated carbocycles. The van der Waals surface area contributed by atoms with E-state index < -0.39 is 0 Å². The number of rotatable bonds is 2. The second-order valence-electron chi connectivity index (χ2n) is 5.32. The number of benzene rings is 1. The van der Waals surface area contributed by atoms with Crippen LogP contribution in [0.4, 0.5) is 5.69 Å². The molecule has 1 unspecified atom stereocenters. The van der Waals surface area contributed by atoms with E-state index in [0.29, 0.717) is 0 Å². The minimum absolute atomic E-state index is 0.0600. The molecule has 3 nitrogen and oxygen atoms in total. The highest BCUT2D eigenvalue weighted by Crippen LogP contribution is 2.22. The molecule has 0 aliphatic carbocycles. The molecule has 1 fully saturated rings. The summed E-state index contributed by atoms with van der Waals surface area (Å²) < 4.78 is 0. The van der Waals surface area contributed by atoms with Gasteiger partial charge in [0.1, 0.15) is 6.04 Å². The van der Waals surface area contributed by atoms with Crippen molar-refractivity contribution < 1.29 is 4.79 Å². The Morgan fingerprint density at radius 2 is 2.00 bits per heavy atom. The molecule has 1 N–H and O–H groups in total. The molecule has 1 aromatic rings. The van der Waals surface area contributed by atoms with Crippen LogP contribution in [0.15, 0.2) is 18.2 Å². The first-order valence-electron chi connectivity index (χ1n) is 7.19. The SMILES string of the molecule is CC#CN1CCCCC1C(=O)Nc1c(C)cccc1C. The number of amides is 1. The van der Waals surface area contributed by atoms with Gasteiger partial charge in [0, 0.05) is 18.3 Å². The monoisotopic (exact) mass is 270 g/mol. The van der Waals surface area contributed by atoms with E-state index >= 15 is 0 Å². The topological polar surface area (TPSA) is 32.3 Å². The van der Waals surface area contributed by atoms with Gasteiger partial charge in [0.05, 0.1) is 0 Å². The Balaban J connectivity index is 2.15. The summed E-state index contributed by atoms with van der Waals surface area (Å²) in [5.74, 6) is 2.96. The zero-order valence-corrected chi connectivity index (χ0v) is 12.5. The molecular weight excluding hydrogens is 248 g/mol. The summed E-state index contributed by atoms with van der Waals surface area (Å²) in [4.78, 5) is 14.5. The van der Waals surface area contributed by atoms with Crippen molar-refractivity contribution in [1.82, 2.24) is 4.90 Å². The Hall–Kier alpha value is -1.95. The van der Waals surface area contributed by atoms with Gasteiger partial charge in [-0.1, -0.05) is 24.1 Å².